The number of hydrogen-bond donors (Lipinski definition) is 0. The molecule has 2 aromatic heterocycles. The average Bonchev–Trinajstić information content (AvgIpc) is 3.44. The summed E-state index contributed by atoms with van der Waals surface area (Å²) in [5, 5.41) is 0. The Morgan fingerprint density at radius 2 is 0.767 bits per heavy atom. The zero-order chi connectivity index (χ0) is 19.9. The van der Waals surface area contributed by atoms with Gasteiger partial charge < -0.3 is 8.83 Å². The molecule has 0 saturated heterocycles. The molecule has 0 fully saturated rings. The number of rotatable bonds is 3. The third kappa shape index (κ3) is 2.86. The molecule has 0 saturated carbocycles. The van der Waals surface area contributed by atoms with E-state index < -0.39 is 0 Å². The van der Waals surface area contributed by atoms with Crippen LogP contribution in [0.2, 0.25) is 0 Å². The van der Waals surface area contributed by atoms with E-state index in [0.29, 0.717) is 11.8 Å². The Hall–Kier alpha value is -4.18. The molecule has 0 bridgehead atoms. The van der Waals surface area contributed by atoms with Crippen LogP contribution in [0, 0.1) is 0 Å². The number of para-hydroxylation sites is 4. The molecular formula is C26H16N2O2. The van der Waals surface area contributed by atoms with E-state index in [4.69, 9.17) is 8.83 Å². The van der Waals surface area contributed by atoms with Crippen LogP contribution in [0.3, 0.4) is 0 Å². The number of benzene rings is 4. The molecule has 6 rings (SSSR count). The lowest BCUT2D eigenvalue weighted by atomic mass is 10.0. The lowest BCUT2D eigenvalue weighted by Crippen LogP contribution is -1.82. The first-order chi connectivity index (χ1) is 14.8. The summed E-state index contributed by atoms with van der Waals surface area (Å²) >= 11 is 0. The molecule has 0 radical (unpaired) electrons. The largest absolute Gasteiger partial charge is 0.436 e. The molecule has 0 spiro atoms. The van der Waals surface area contributed by atoms with E-state index in [2.05, 4.69) is 34.2 Å². The minimum Gasteiger partial charge on any atom is -0.436 e. The van der Waals surface area contributed by atoms with Crippen LogP contribution in [0.1, 0.15) is 0 Å². The topological polar surface area (TPSA) is 52.1 Å². The summed E-state index contributed by atoms with van der Waals surface area (Å²) in [6, 6.07) is 32.1. The van der Waals surface area contributed by atoms with Gasteiger partial charge in [0.05, 0.1) is 0 Å². The van der Waals surface area contributed by atoms with E-state index in [0.717, 1.165) is 44.5 Å². The first-order valence-electron chi connectivity index (χ1n) is 9.76. The molecule has 4 aromatic carbocycles. The van der Waals surface area contributed by atoms with E-state index in [9.17, 15) is 0 Å². The van der Waals surface area contributed by atoms with Crippen molar-refractivity contribution in [3.63, 3.8) is 0 Å². The van der Waals surface area contributed by atoms with Crippen LogP contribution in [-0.4, -0.2) is 9.97 Å². The maximum Gasteiger partial charge on any atom is 0.227 e. The van der Waals surface area contributed by atoms with E-state index >= 15 is 0 Å². The fourth-order valence-corrected chi connectivity index (χ4v) is 3.60. The zero-order valence-electron chi connectivity index (χ0n) is 15.9. The molecule has 142 valence electrons. The minimum absolute atomic E-state index is 0.633. The number of oxazole rings is 2. The highest BCUT2D eigenvalue weighted by molar-refractivity contribution is 5.78. The van der Waals surface area contributed by atoms with Crippen molar-refractivity contribution in [1.29, 1.82) is 0 Å². The van der Waals surface area contributed by atoms with Crippen molar-refractivity contribution in [3.05, 3.63) is 97.1 Å². The Bertz CT molecular complexity index is 1290. The smallest absolute Gasteiger partial charge is 0.227 e. The third-order valence-corrected chi connectivity index (χ3v) is 5.18. The van der Waals surface area contributed by atoms with Crippen molar-refractivity contribution in [2.75, 3.05) is 0 Å². The van der Waals surface area contributed by atoms with Gasteiger partial charge in [0.2, 0.25) is 11.8 Å². The zero-order valence-corrected chi connectivity index (χ0v) is 15.9. The summed E-state index contributed by atoms with van der Waals surface area (Å²) in [5.74, 6) is 1.27. The SMILES string of the molecule is c1ccc2oc(-c3ccc(-c4ccc(-c5nc6ccccc6o5)cc4)cc3)nc2c1. The highest BCUT2D eigenvalue weighted by atomic mass is 16.4. The third-order valence-electron chi connectivity index (χ3n) is 5.18. The van der Waals surface area contributed by atoms with Gasteiger partial charge in [0.15, 0.2) is 11.2 Å². The van der Waals surface area contributed by atoms with Crippen molar-refractivity contribution in [2.24, 2.45) is 0 Å². The highest BCUT2D eigenvalue weighted by Gasteiger charge is 2.10. The minimum atomic E-state index is 0.633. The number of hydrogen-bond acceptors (Lipinski definition) is 4. The van der Waals surface area contributed by atoms with Crippen molar-refractivity contribution < 1.29 is 8.83 Å². The highest BCUT2D eigenvalue weighted by Crippen LogP contribution is 2.29. The molecule has 2 heterocycles. The molecule has 0 aliphatic carbocycles. The van der Waals surface area contributed by atoms with Gasteiger partial charge in [-0.3, -0.25) is 0 Å². The molecule has 0 N–H and O–H groups in total. The second kappa shape index (κ2) is 6.71. The van der Waals surface area contributed by atoms with Gasteiger partial charge in [0, 0.05) is 11.1 Å². The van der Waals surface area contributed by atoms with Gasteiger partial charge in [-0.15, -0.1) is 0 Å². The van der Waals surface area contributed by atoms with E-state index in [-0.39, 0.29) is 0 Å². The number of nitrogens with zero attached hydrogens (tertiary/aromatic N) is 2. The van der Waals surface area contributed by atoms with E-state index in [1.54, 1.807) is 0 Å². The Morgan fingerprint density at radius 3 is 1.17 bits per heavy atom. The summed E-state index contributed by atoms with van der Waals surface area (Å²) in [4.78, 5) is 9.13. The van der Waals surface area contributed by atoms with Gasteiger partial charge in [-0.1, -0.05) is 48.5 Å². The molecule has 0 aliphatic rings. The van der Waals surface area contributed by atoms with Crippen LogP contribution in [0.4, 0.5) is 0 Å². The predicted molar refractivity (Wildman–Crippen MR) is 118 cm³/mol. The van der Waals surface area contributed by atoms with Crippen LogP contribution < -0.4 is 0 Å². The molecule has 6 aromatic rings. The van der Waals surface area contributed by atoms with E-state index in [1.165, 1.54) is 0 Å². The Kier molecular flexibility index (Phi) is 3.74. The monoisotopic (exact) mass is 388 g/mol. The van der Waals surface area contributed by atoms with Crippen LogP contribution in [0.25, 0.3) is 56.2 Å². The molecule has 4 heteroatoms. The second-order valence-electron chi connectivity index (χ2n) is 7.13. The van der Waals surface area contributed by atoms with Gasteiger partial charge in [-0.2, -0.15) is 0 Å². The van der Waals surface area contributed by atoms with Gasteiger partial charge in [-0.05, 0) is 59.7 Å². The Balaban J connectivity index is 1.28. The fourth-order valence-electron chi connectivity index (χ4n) is 3.60. The predicted octanol–water partition coefficient (Wildman–Crippen LogP) is 6.97. The average molecular weight is 388 g/mol. The first kappa shape index (κ1) is 16.7. The van der Waals surface area contributed by atoms with Gasteiger partial charge >= 0.3 is 0 Å². The molecule has 0 amide bonds. The second-order valence-corrected chi connectivity index (χ2v) is 7.13. The molecule has 4 nitrogen and oxygen atoms in total. The van der Waals surface area contributed by atoms with Gasteiger partial charge in [0.1, 0.15) is 11.0 Å². The van der Waals surface area contributed by atoms with Gasteiger partial charge in [0.25, 0.3) is 0 Å². The summed E-state index contributed by atoms with van der Waals surface area (Å²) in [5.41, 5.74) is 7.49. The van der Waals surface area contributed by atoms with Crippen molar-refractivity contribution in [1.82, 2.24) is 9.97 Å². The molecule has 0 aliphatic heterocycles. The summed E-state index contributed by atoms with van der Waals surface area (Å²) < 4.78 is 11.7. The van der Waals surface area contributed by atoms with Crippen LogP contribution in [0.15, 0.2) is 106 Å². The standard InChI is InChI=1S/C26H16N2O2/c1-3-7-23-21(5-1)27-25(29-23)19-13-9-17(10-14-19)18-11-15-20(16-12-18)26-28-22-6-2-4-8-24(22)30-26/h1-16H. The molecule has 0 atom stereocenters. The Morgan fingerprint density at radius 1 is 0.400 bits per heavy atom. The number of aromatic nitrogens is 2. The molecule has 0 unspecified atom stereocenters. The summed E-state index contributed by atoms with van der Waals surface area (Å²) in [7, 11) is 0. The normalized spacial score (nSPS) is 11.3. The Labute approximate surface area is 172 Å². The maximum absolute atomic E-state index is 5.86. The number of fused-ring (bicyclic) bond motifs is 2. The van der Waals surface area contributed by atoms with Crippen molar-refractivity contribution in [2.45, 2.75) is 0 Å². The van der Waals surface area contributed by atoms with E-state index in [1.807, 2.05) is 72.8 Å². The molecule has 30 heavy (non-hydrogen) atoms. The van der Waals surface area contributed by atoms with Crippen molar-refractivity contribution in [3.8, 4) is 34.0 Å². The lowest BCUT2D eigenvalue weighted by molar-refractivity contribution is 0.619. The first-order valence-corrected chi connectivity index (χ1v) is 9.76. The fraction of sp³-hybridized carbons (Fsp3) is 0. The molecular weight excluding hydrogens is 372 g/mol. The van der Waals surface area contributed by atoms with Gasteiger partial charge in [-0.25, -0.2) is 9.97 Å². The lowest BCUT2D eigenvalue weighted by Gasteiger charge is -2.04. The quantitative estimate of drug-likeness (QED) is 0.328. The van der Waals surface area contributed by atoms with Crippen LogP contribution in [0.5, 0.6) is 0 Å². The van der Waals surface area contributed by atoms with Crippen LogP contribution >= 0.6 is 0 Å². The summed E-state index contributed by atoms with van der Waals surface area (Å²) in [6.45, 7) is 0. The maximum atomic E-state index is 5.86. The van der Waals surface area contributed by atoms with Crippen LogP contribution in [-0.2, 0) is 0 Å². The van der Waals surface area contributed by atoms with Crippen molar-refractivity contribution >= 4 is 22.2 Å². The summed E-state index contributed by atoms with van der Waals surface area (Å²) in [6.07, 6.45) is 0.